The van der Waals surface area contributed by atoms with E-state index in [0.29, 0.717) is 0 Å². The van der Waals surface area contributed by atoms with Crippen molar-refractivity contribution in [2.45, 2.75) is 0 Å². The molecule has 1 heterocycles. The van der Waals surface area contributed by atoms with Crippen LogP contribution in [0.1, 0.15) is 0 Å². The first-order chi connectivity index (χ1) is 6.18. The molecule has 0 aliphatic rings. The van der Waals surface area contributed by atoms with Crippen molar-refractivity contribution in [3.63, 3.8) is 0 Å². The quantitative estimate of drug-likeness (QED) is 0.634. The van der Waals surface area contributed by atoms with Crippen LogP contribution < -0.4 is 0 Å². The van der Waals surface area contributed by atoms with E-state index < -0.39 is 0 Å². The summed E-state index contributed by atoms with van der Waals surface area (Å²) in [5.41, 5.74) is 0.925. The van der Waals surface area contributed by atoms with Crippen molar-refractivity contribution in [1.82, 2.24) is 4.98 Å². The third-order valence-electron chi connectivity index (χ3n) is 1.72. The molecule has 0 radical (unpaired) electrons. The second-order valence-corrected chi connectivity index (χ2v) is 5.04. The van der Waals surface area contributed by atoms with Gasteiger partial charge in [0.15, 0.2) is 0 Å². The Hall–Kier alpha value is 0.130. The smallest absolute Gasteiger partial charge is 0.0718 e. The van der Waals surface area contributed by atoms with Gasteiger partial charge < -0.3 is 0 Å². The normalized spacial score (nSPS) is 10.7. The zero-order chi connectivity index (χ0) is 9.42. The van der Waals surface area contributed by atoms with Crippen molar-refractivity contribution in [1.29, 1.82) is 0 Å². The highest BCUT2D eigenvalue weighted by atomic mass is 127. The Labute approximate surface area is 103 Å². The van der Waals surface area contributed by atoms with E-state index in [9.17, 15) is 0 Å². The minimum absolute atomic E-state index is 0.770. The molecular weight excluding hydrogens is 364 g/mol. The fraction of sp³-hybridized carbons (Fsp3) is 0. The summed E-state index contributed by atoms with van der Waals surface area (Å²) in [5.74, 6) is 0. The number of rotatable bonds is 0. The molecule has 66 valence electrons. The fourth-order valence-electron chi connectivity index (χ4n) is 1.11. The number of fused-ring (bicyclic) bond motifs is 1. The number of hydrogen-bond donors (Lipinski definition) is 0. The summed E-state index contributed by atoms with van der Waals surface area (Å²) >= 11 is 11.7. The summed E-state index contributed by atoms with van der Waals surface area (Å²) in [4.78, 5) is 4.25. The highest BCUT2D eigenvalue weighted by Crippen LogP contribution is 2.28. The van der Waals surface area contributed by atoms with Crippen LogP contribution in [0.5, 0.6) is 0 Å². The number of halogens is 3. The van der Waals surface area contributed by atoms with Gasteiger partial charge in [-0.15, -0.1) is 0 Å². The molecule has 0 bridgehead atoms. The lowest BCUT2D eigenvalue weighted by atomic mass is 10.2. The predicted molar refractivity (Wildman–Crippen MR) is 67.2 cm³/mol. The number of aromatic nitrogens is 1. The molecule has 1 aromatic carbocycles. The van der Waals surface area contributed by atoms with Crippen molar-refractivity contribution in [2.24, 2.45) is 0 Å². The molecule has 1 nitrogen and oxygen atoms in total. The average molecular weight is 368 g/mol. The van der Waals surface area contributed by atoms with Crippen molar-refractivity contribution >= 4 is 61.0 Å². The van der Waals surface area contributed by atoms with Crippen LogP contribution in [-0.4, -0.2) is 4.98 Å². The Balaban J connectivity index is 2.89. The van der Waals surface area contributed by atoms with Gasteiger partial charge in [0.05, 0.1) is 10.5 Å². The molecule has 0 aliphatic heterocycles. The van der Waals surface area contributed by atoms with Crippen LogP contribution >= 0.6 is 50.1 Å². The Morgan fingerprint density at radius 3 is 2.92 bits per heavy atom. The lowest BCUT2D eigenvalue weighted by Gasteiger charge is -2.01. The van der Waals surface area contributed by atoms with Crippen molar-refractivity contribution in [3.8, 4) is 0 Å². The second kappa shape index (κ2) is 3.71. The third kappa shape index (κ3) is 1.82. The first kappa shape index (κ1) is 9.68. The van der Waals surface area contributed by atoms with Gasteiger partial charge in [-0.2, -0.15) is 0 Å². The number of benzene rings is 1. The summed E-state index contributed by atoms with van der Waals surface area (Å²) in [5, 5.41) is 1.76. The van der Waals surface area contributed by atoms with Crippen LogP contribution in [0.4, 0.5) is 0 Å². The molecular formula is C9H4BrClIN. The molecule has 0 unspecified atom stereocenters. The standard InChI is InChI=1S/C9H4BrClIN/c10-5-3-6-8(13-4-5)2-1-7(12)9(6)11/h1-4H. The molecule has 0 saturated carbocycles. The highest BCUT2D eigenvalue weighted by molar-refractivity contribution is 14.1. The van der Waals surface area contributed by atoms with Crippen LogP contribution in [0.3, 0.4) is 0 Å². The molecule has 0 atom stereocenters. The number of pyridine rings is 1. The molecule has 0 spiro atoms. The van der Waals surface area contributed by atoms with Gasteiger partial charge in [0.25, 0.3) is 0 Å². The molecule has 13 heavy (non-hydrogen) atoms. The third-order valence-corrected chi connectivity index (χ3v) is 3.78. The SMILES string of the molecule is Clc1c(I)ccc2ncc(Br)cc12. The maximum Gasteiger partial charge on any atom is 0.0718 e. The maximum atomic E-state index is 6.13. The molecule has 0 fully saturated rings. The summed E-state index contributed by atoms with van der Waals surface area (Å²) in [6, 6.07) is 5.91. The average Bonchev–Trinajstić information content (AvgIpc) is 2.12. The van der Waals surface area contributed by atoms with Crippen LogP contribution in [0, 0.1) is 3.57 Å². The van der Waals surface area contributed by atoms with Gasteiger partial charge in [0, 0.05) is 19.6 Å². The topological polar surface area (TPSA) is 12.9 Å². The molecule has 0 amide bonds. The van der Waals surface area contributed by atoms with E-state index in [1.807, 2.05) is 18.2 Å². The van der Waals surface area contributed by atoms with Gasteiger partial charge in [0.2, 0.25) is 0 Å². The molecule has 0 aliphatic carbocycles. The van der Waals surface area contributed by atoms with Gasteiger partial charge in [0.1, 0.15) is 0 Å². The van der Waals surface area contributed by atoms with Gasteiger partial charge in [-0.1, -0.05) is 11.6 Å². The largest absolute Gasteiger partial charge is 0.255 e. The zero-order valence-electron chi connectivity index (χ0n) is 6.39. The van der Waals surface area contributed by atoms with Crippen LogP contribution in [0.25, 0.3) is 10.9 Å². The van der Waals surface area contributed by atoms with Gasteiger partial charge >= 0.3 is 0 Å². The lowest BCUT2D eigenvalue weighted by Crippen LogP contribution is -1.82. The first-order valence-corrected chi connectivity index (χ1v) is 5.83. The molecule has 4 heteroatoms. The minimum atomic E-state index is 0.770. The molecule has 2 rings (SSSR count). The zero-order valence-corrected chi connectivity index (χ0v) is 10.9. The van der Waals surface area contributed by atoms with Crippen LogP contribution in [0.15, 0.2) is 28.9 Å². The Morgan fingerprint density at radius 2 is 2.15 bits per heavy atom. The van der Waals surface area contributed by atoms with E-state index in [2.05, 4.69) is 43.5 Å². The lowest BCUT2D eigenvalue weighted by molar-refractivity contribution is 1.39. The van der Waals surface area contributed by atoms with E-state index in [0.717, 1.165) is 24.0 Å². The Kier molecular flexibility index (Phi) is 2.76. The molecule has 0 saturated heterocycles. The monoisotopic (exact) mass is 367 g/mol. The fourth-order valence-corrected chi connectivity index (χ4v) is 2.13. The van der Waals surface area contributed by atoms with Crippen LogP contribution in [-0.2, 0) is 0 Å². The van der Waals surface area contributed by atoms with Crippen LogP contribution in [0.2, 0.25) is 5.02 Å². The van der Waals surface area contributed by atoms with Gasteiger partial charge in [-0.05, 0) is 56.7 Å². The number of nitrogens with zero attached hydrogens (tertiary/aromatic N) is 1. The van der Waals surface area contributed by atoms with E-state index >= 15 is 0 Å². The molecule has 0 N–H and O–H groups in total. The van der Waals surface area contributed by atoms with Crippen molar-refractivity contribution in [2.75, 3.05) is 0 Å². The maximum absolute atomic E-state index is 6.13. The summed E-state index contributed by atoms with van der Waals surface area (Å²) in [7, 11) is 0. The van der Waals surface area contributed by atoms with E-state index in [1.54, 1.807) is 6.20 Å². The summed E-state index contributed by atoms with van der Waals surface area (Å²) in [6.45, 7) is 0. The highest BCUT2D eigenvalue weighted by Gasteiger charge is 2.03. The van der Waals surface area contributed by atoms with E-state index in [1.165, 1.54) is 0 Å². The van der Waals surface area contributed by atoms with E-state index in [4.69, 9.17) is 11.6 Å². The molecule has 1 aromatic heterocycles. The second-order valence-electron chi connectivity index (χ2n) is 2.58. The van der Waals surface area contributed by atoms with Gasteiger partial charge in [-0.25, -0.2) is 0 Å². The first-order valence-electron chi connectivity index (χ1n) is 3.58. The Bertz CT molecular complexity index is 467. The van der Waals surface area contributed by atoms with Crippen molar-refractivity contribution in [3.05, 3.63) is 37.5 Å². The van der Waals surface area contributed by atoms with Crippen molar-refractivity contribution < 1.29 is 0 Å². The Morgan fingerprint density at radius 1 is 1.38 bits per heavy atom. The van der Waals surface area contributed by atoms with E-state index in [-0.39, 0.29) is 0 Å². The summed E-state index contributed by atoms with van der Waals surface area (Å²) in [6.07, 6.45) is 1.77. The molecule has 2 aromatic rings. The summed E-state index contributed by atoms with van der Waals surface area (Å²) < 4.78 is 2.00. The predicted octanol–water partition coefficient (Wildman–Crippen LogP) is 4.26. The minimum Gasteiger partial charge on any atom is -0.255 e. The van der Waals surface area contributed by atoms with Gasteiger partial charge in [-0.3, -0.25) is 4.98 Å². The number of hydrogen-bond acceptors (Lipinski definition) is 1.